The average molecular weight is 420 g/mol. The van der Waals surface area contributed by atoms with Gasteiger partial charge < -0.3 is 19.7 Å². The van der Waals surface area contributed by atoms with Crippen molar-refractivity contribution in [1.29, 1.82) is 0 Å². The van der Waals surface area contributed by atoms with Crippen molar-refractivity contribution >= 4 is 11.8 Å². The van der Waals surface area contributed by atoms with E-state index in [9.17, 15) is 14.7 Å². The first-order valence-electron chi connectivity index (χ1n) is 10.3. The Morgan fingerprint density at radius 1 is 1.19 bits per heavy atom. The first-order valence-corrected chi connectivity index (χ1v) is 10.3. The van der Waals surface area contributed by atoms with Crippen LogP contribution in [0.5, 0.6) is 5.75 Å². The molecule has 0 aliphatic carbocycles. The fraction of sp³-hybridized carbons (Fsp3) is 0.304. The molecule has 0 unspecified atom stereocenters. The van der Waals surface area contributed by atoms with E-state index < -0.39 is 5.91 Å². The van der Waals surface area contributed by atoms with Gasteiger partial charge in [0.15, 0.2) is 5.89 Å². The van der Waals surface area contributed by atoms with Crippen LogP contribution in [0.1, 0.15) is 46.3 Å². The van der Waals surface area contributed by atoms with E-state index >= 15 is 0 Å². The van der Waals surface area contributed by atoms with Gasteiger partial charge in [-0.1, -0.05) is 30.3 Å². The number of carbonyl (C=O) groups excluding carboxylic acids is 2. The second-order valence-corrected chi connectivity index (χ2v) is 7.62. The van der Waals surface area contributed by atoms with Crippen LogP contribution in [0.15, 0.2) is 59.4 Å². The van der Waals surface area contributed by atoms with Gasteiger partial charge in [-0.05, 0) is 24.5 Å². The number of pyridine rings is 1. The molecule has 3 heterocycles. The molecule has 1 aromatic carbocycles. The van der Waals surface area contributed by atoms with Gasteiger partial charge in [-0.2, -0.15) is 0 Å². The number of rotatable bonds is 6. The minimum Gasteiger partial charge on any atom is -0.506 e. The highest BCUT2D eigenvalue weighted by molar-refractivity contribution is 5.96. The van der Waals surface area contributed by atoms with Crippen LogP contribution < -0.4 is 5.32 Å². The van der Waals surface area contributed by atoms with E-state index in [4.69, 9.17) is 4.42 Å². The fourth-order valence-electron chi connectivity index (χ4n) is 3.72. The normalized spacial score (nSPS) is 16.1. The van der Waals surface area contributed by atoms with Gasteiger partial charge in [-0.3, -0.25) is 14.6 Å². The van der Waals surface area contributed by atoms with Gasteiger partial charge >= 0.3 is 0 Å². The molecule has 0 radical (unpaired) electrons. The van der Waals surface area contributed by atoms with Gasteiger partial charge in [0.05, 0.1) is 30.4 Å². The summed E-state index contributed by atoms with van der Waals surface area (Å²) in [4.78, 5) is 34.7. The molecule has 0 bridgehead atoms. The first kappa shape index (κ1) is 20.6. The summed E-state index contributed by atoms with van der Waals surface area (Å²) in [6.07, 6.45) is 6.76. The lowest BCUT2D eigenvalue weighted by Gasteiger charge is -2.31. The highest BCUT2D eigenvalue weighted by Crippen LogP contribution is 2.27. The van der Waals surface area contributed by atoms with Gasteiger partial charge in [0.1, 0.15) is 11.5 Å². The fourth-order valence-corrected chi connectivity index (χ4v) is 3.72. The maximum absolute atomic E-state index is 12.6. The summed E-state index contributed by atoms with van der Waals surface area (Å²) < 4.78 is 5.97. The number of hydrogen-bond donors (Lipinski definition) is 2. The standard InChI is InChI=1S/C23H24N4O4/c28-19-10-18(11-24-12-19)22(30)25-14-21(29)27-8-4-7-17(15-27)23-26-13-20(31-23)9-16-5-2-1-3-6-16/h1-3,5-6,10-13,17,28H,4,7-9,14-15H2,(H,25,30)/t17-/m1/s1. The number of benzene rings is 1. The molecule has 0 saturated carbocycles. The van der Waals surface area contributed by atoms with Crippen molar-refractivity contribution in [3.05, 3.63) is 77.8 Å². The number of carbonyl (C=O) groups is 2. The number of nitrogens with one attached hydrogen (secondary N) is 1. The molecule has 1 saturated heterocycles. The summed E-state index contributed by atoms with van der Waals surface area (Å²) in [7, 11) is 0. The summed E-state index contributed by atoms with van der Waals surface area (Å²) in [6, 6.07) is 11.4. The Hall–Kier alpha value is -3.68. The number of piperidine rings is 1. The third-order valence-electron chi connectivity index (χ3n) is 5.30. The van der Waals surface area contributed by atoms with Crippen LogP contribution in [0.4, 0.5) is 0 Å². The molecule has 2 amide bonds. The van der Waals surface area contributed by atoms with E-state index in [0.29, 0.717) is 25.4 Å². The number of nitrogens with zero attached hydrogens (tertiary/aromatic N) is 3. The molecule has 8 nitrogen and oxygen atoms in total. The topological polar surface area (TPSA) is 109 Å². The molecule has 0 spiro atoms. The summed E-state index contributed by atoms with van der Waals surface area (Å²) in [5.41, 5.74) is 1.36. The Morgan fingerprint density at radius 2 is 2.03 bits per heavy atom. The van der Waals surface area contributed by atoms with E-state index in [1.54, 1.807) is 11.1 Å². The van der Waals surface area contributed by atoms with Crippen LogP contribution >= 0.6 is 0 Å². The molecule has 1 fully saturated rings. The zero-order valence-electron chi connectivity index (χ0n) is 17.0. The molecule has 3 aromatic rings. The van der Waals surface area contributed by atoms with E-state index in [-0.39, 0.29) is 29.7 Å². The minimum absolute atomic E-state index is 0.0354. The Morgan fingerprint density at radius 3 is 2.84 bits per heavy atom. The van der Waals surface area contributed by atoms with Gasteiger partial charge in [0.25, 0.3) is 5.91 Å². The van der Waals surface area contributed by atoms with Crippen molar-refractivity contribution in [3.8, 4) is 5.75 Å². The maximum atomic E-state index is 12.6. The van der Waals surface area contributed by atoms with Crippen molar-refractivity contribution in [3.63, 3.8) is 0 Å². The number of likely N-dealkylation sites (tertiary alicyclic amines) is 1. The summed E-state index contributed by atoms with van der Waals surface area (Å²) in [6.45, 7) is 1.02. The molecule has 31 heavy (non-hydrogen) atoms. The van der Waals surface area contributed by atoms with E-state index in [0.717, 1.165) is 24.2 Å². The van der Waals surface area contributed by atoms with Gasteiger partial charge in [0, 0.05) is 25.7 Å². The number of aromatic hydroxyl groups is 1. The van der Waals surface area contributed by atoms with Crippen LogP contribution in [-0.2, 0) is 11.2 Å². The third kappa shape index (κ3) is 5.28. The van der Waals surface area contributed by atoms with Crippen molar-refractivity contribution < 1.29 is 19.1 Å². The Labute approximate surface area is 179 Å². The van der Waals surface area contributed by atoms with Crippen molar-refractivity contribution in [2.75, 3.05) is 19.6 Å². The van der Waals surface area contributed by atoms with Crippen LogP contribution in [0.2, 0.25) is 0 Å². The summed E-state index contributed by atoms with van der Waals surface area (Å²) >= 11 is 0. The number of amides is 2. The van der Waals surface area contributed by atoms with Crippen molar-refractivity contribution in [2.24, 2.45) is 0 Å². The lowest BCUT2D eigenvalue weighted by molar-refractivity contribution is -0.131. The zero-order chi connectivity index (χ0) is 21.6. The van der Waals surface area contributed by atoms with Gasteiger partial charge in [-0.15, -0.1) is 0 Å². The molecule has 4 rings (SSSR count). The average Bonchev–Trinajstić information content (AvgIpc) is 3.26. The second-order valence-electron chi connectivity index (χ2n) is 7.62. The van der Waals surface area contributed by atoms with E-state index in [2.05, 4.69) is 15.3 Å². The van der Waals surface area contributed by atoms with Crippen LogP contribution in [0, 0.1) is 0 Å². The van der Waals surface area contributed by atoms with Gasteiger partial charge in [0.2, 0.25) is 5.91 Å². The molecule has 1 atom stereocenters. The Kier molecular flexibility index (Phi) is 6.26. The number of hydrogen-bond acceptors (Lipinski definition) is 6. The lowest BCUT2D eigenvalue weighted by atomic mass is 9.98. The smallest absolute Gasteiger partial charge is 0.253 e. The number of aromatic nitrogens is 2. The quantitative estimate of drug-likeness (QED) is 0.634. The van der Waals surface area contributed by atoms with E-state index in [1.807, 2.05) is 30.3 Å². The molecule has 8 heteroatoms. The SMILES string of the molecule is O=C(NCC(=O)N1CCC[C@@H](c2ncc(Cc3ccccc3)o2)C1)c1cncc(O)c1. The molecule has 2 N–H and O–H groups in total. The van der Waals surface area contributed by atoms with Crippen molar-refractivity contribution in [2.45, 2.75) is 25.2 Å². The van der Waals surface area contributed by atoms with E-state index in [1.165, 1.54) is 18.5 Å². The molecular formula is C23H24N4O4. The van der Waals surface area contributed by atoms with Crippen LogP contribution in [0.3, 0.4) is 0 Å². The molecule has 160 valence electrons. The highest BCUT2D eigenvalue weighted by atomic mass is 16.4. The van der Waals surface area contributed by atoms with Crippen molar-refractivity contribution in [1.82, 2.24) is 20.2 Å². The Bertz CT molecular complexity index is 1050. The molecule has 1 aliphatic heterocycles. The van der Waals surface area contributed by atoms with Crippen LogP contribution in [0.25, 0.3) is 0 Å². The summed E-state index contributed by atoms with van der Waals surface area (Å²) in [5.74, 6) is 0.768. The lowest BCUT2D eigenvalue weighted by Crippen LogP contribution is -2.44. The molecular weight excluding hydrogens is 396 g/mol. The summed E-state index contributed by atoms with van der Waals surface area (Å²) in [5, 5.41) is 12.0. The maximum Gasteiger partial charge on any atom is 0.253 e. The number of oxazole rings is 1. The Balaban J connectivity index is 1.32. The third-order valence-corrected chi connectivity index (χ3v) is 5.30. The van der Waals surface area contributed by atoms with Gasteiger partial charge in [-0.25, -0.2) is 4.98 Å². The largest absolute Gasteiger partial charge is 0.506 e. The molecule has 2 aromatic heterocycles. The van der Waals surface area contributed by atoms with Crippen LogP contribution in [-0.4, -0.2) is 51.4 Å². The minimum atomic E-state index is -0.455. The predicted molar refractivity (Wildman–Crippen MR) is 113 cm³/mol. The highest BCUT2D eigenvalue weighted by Gasteiger charge is 2.28. The first-order chi connectivity index (χ1) is 15.1. The molecule has 1 aliphatic rings. The predicted octanol–water partition coefficient (Wildman–Crippen LogP) is 2.50. The monoisotopic (exact) mass is 420 g/mol. The zero-order valence-corrected chi connectivity index (χ0v) is 17.0. The second kappa shape index (κ2) is 9.42.